The van der Waals surface area contributed by atoms with E-state index < -0.39 is 0 Å². The fourth-order valence-electron chi connectivity index (χ4n) is 1.47. The van der Waals surface area contributed by atoms with Gasteiger partial charge >= 0.3 is 0 Å². The molecule has 0 saturated heterocycles. The summed E-state index contributed by atoms with van der Waals surface area (Å²) in [6.45, 7) is 4.22. The van der Waals surface area contributed by atoms with E-state index in [9.17, 15) is 4.79 Å². The molecule has 0 fully saturated rings. The third-order valence-corrected chi connectivity index (χ3v) is 2.84. The largest absolute Gasteiger partial charge is 0.381 e. The van der Waals surface area contributed by atoms with Gasteiger partial charge in [0, 0.05) is 19.8 Å². The van der Waals surface area contributed by atoms with Crippen LogP contribution in [0.5, 0.6) is 0 Å². The number of amides is 1. The summed E-state index contributed by atoms with van der Waals surface area (Å²) in [5.74, 6) is -0.130. The lowest BCUT2D eigenvalue weighted by atomic mass is 10.2. The van der Waals surface area contributed by atoms with Crippen molar-refractivity contribution in [3.8, 4) is 0 Å². The van der Waals surface area contributed by atoms with Crippen LogP contribution < -0.4 is 5.32 Å². The second-order valence-corrected chi connectivity index (χ2v) is 4.46. The fourth-order valence-corrected chi connectivity index (χ4v) is 1.69. The molecule has 3 nitrogen and oxygen atoms in total. The van der Waals surface area contributed by atoms with Crippen molar-refractivity contribution in [3.63, 3.8) is 0 Å². The van der Waals surface area contributed by atoms with E-state index in [0.717, 1.165) is 25.9 Å². The molecule has 18 heavy (non-hydrogen) atoms. The van der Waals surface area contributed by atoms with E-state index in [1.807, 2.05) is 0 Å². The molecule has 0 aliphatic heterocycles. The number of unbranched alkanes of at least 4 members (excludes halogenated alkanes) is 1. The summed E-state index contributed by atoms with van der Waals surface area (Å²) in [7, 11) is 0. The van der Waals surface area contributed by atoms with Gasteiger partial charge in [0.15, 0.2) is 0 Å². The summed E-state index contributed by atoms with van der Waals surface area (Å²) in [5.41, 5.74) is 0.520. The molecule has 1 aromatic rings. The van der Waals surface area contributed by atoms with Gasteiger partial charge in [-0.05, 0) is 25.0 Å². The van der Waals surface area contributed by atoms with Crippen molar-refractivity contribution in [1.82, 2.24) is 5.32 Å². The van der Waals surface area contributed by atoms with Gasteiger partial charge in [0.05, 0.1) is 10.6 Å². The van der Waals surface area contributed by atoms with Gasteiger partial charge in [-0.1, -0.05) is 37.1 Å². The van der Waals surface area contributed by atoms with Gasteiger partial charge in [-0.2, -0.15) is 0 Å². The summed E-state index contributed by atoms with van der Waals surface area (Å²) < 4.78 is 5.41. The maximum absolute atomic E-state index is 11.8. The highest BCUT2D eigenvalue weighted by molar-refractivity contribution is 6.33. The number of ether oxygens (including phenoxy) is 1. The molecule has 1 rings (SSSR count). The molecule has 0 bridgehead atoms. The number of hydrogen-bond acceptors (Lipinski definition) is 2. The minimum atomic E-state index is -0.130. The first-order valence-electron chi connectivity index (χ1n) is 6.36. The lowest BCUT2D eigenvalue weighted by Crippen LogP contribution is -2.25. The van der Waals surface area contributed by atoms with E-state index in [1.165, 1.54) is 0 Å². The van der Waals surface area contributed by atoms with Gasteiger partial charge in [0.2, 0.25) is 0 Å². The van der Waals surface area contributed by atoms with Crippen molar-refractivity contribution in [3.05, 3.63) is 34.9 Å². The number of carbonyl (C=O) groups is 1. The number of carbonyl (C=O) groups excluding carboxylic acids is 1. The van der Waals surface area contributed by atoms with E-state index >= 15 is 0 Å². The van der Waals surface area contributed by atoms with Crippen LogP contribution in [0, 0.1) is 0 Å². The number of hydrogen-bond donors (Lipinski definition) is 1. The van der Waals surface area contributed by atoms with Gasteiger partial charge in [-0.15, -0.1) is 0 Å². The second kappa shape index (κ2) is 8.95. The van der Waals surface area contributed by atoms with Gasteiger partial charge in [0.1, 0.15) is 0 Å². The van der Waals surface area contributed by atoms with Gasteiger partial charge in [0.25, 0.3) is 5.91 Å². The van der Waals surface area contributed by atoms with Crippen LogP contribution in [0.25, 0.3) is 0 Å². The Labute approximate surface area is 113 Å². The van der Waals surface area contributed by atoms with Crippen LogP contribution in [0.1, 0.15) is 36.5 Å². The van der Waals surface area contributed by atoms with E-state index in [-0.39, 0.29) is 5.91 Å². The lowest BCUT2D eigenvalue weighted by molar-refractivity contribution is 0.0940. The van der Waals surface area contributed by atoms with E-state index in [1.54, 1.807) is 24.3 Å². The molecule has 1 N–H and O–H groups in total. The number of rotatable bonds is 8. The molecule has 0 spiro atoms. The Morgan fingerprint density at radius 1 is 1.28 bits per heavy atom. The van der Waals surface area contributed by atoms with Crippen molar-refractivity contribution in [1.29, 1.82) is 0 Å². The number of benzene rings is 1. The van der Waals surface area contributed by atoms with Crippen LogP contribution in [0.3, 0.4) is 0 Å². The quantitative estimate of drug-likeness (QED) is 0.736. The molecular formula is C14H20ClNO2. The minimum absolute atomic E-state index is 0.130. The monoisotopic (exact) mass is 269 g/mol. The summed E-state index contributed by atoms with van der Waals surface area (Å²) in [4.78, 5) is 11.8. The van der Waals surface area contributed by atoms with Gasteiger partial charge in [-0.3, -0.25) is 4.79 Å². The molecule has 0 atom stereocenters. The average Bonchev–Trinajstić information content (AvgIpc) is 2.38. The van der Waals surface area contributed by atoms with Gasteiger partial charge < -0.3 is 10.1 Å². The highest BCUT2D eigenvalue weighted by Crippen LogP contribution is 2.14. The fraction of sp³-hybridized carbons (Fsp3) is 0.500. The third-order valence-electron chi connectivity index (χ3n) is 2.51. The van der Waals surface area contributed by atoms with Crippen molar-refractivity contribution < 1.29 is 9.53 Å². The molecule has 0 heterocycles. The maximum Gasteiger partial charge on any atom is 0.252 e. The topological polar surface area (TPSA) is 38.3 Å². The molecule has 100 valence electrons. The van der Waals surface area contributed by atoms with E-state index in [2.05, 4.69) is 12.2 Å². The highest BCUT2D eigenvalue weighted by Gasteiger charge is 2.07. The second-order valence-electron chi connectivity index (χ2n) is 4.06. The smallest absolute Gasteiger partial charge is 0.252 e. The predicted octanol–water partition coefficient (Wildman–Crippen LogP) is 3.28. The van der Waals surface area contributed by atoms with Crippen molar-refractivity contribution in [2.45, 2.75) is 26.2 Å². The summed E-state index contributed by atoms with van der Waals surface area (Å²) in [6, 6.07) is 7.04. The van der Waals surface area contributed by atoms with Crippen molar-refractivity contribution in [2.24, 2.45) is 0 Å². The zero-order valence-electron chi connectivity index (χ0n) is 10.7. The van der Waals surface area contributed by atoms with Crippen molar-refractivity contribution in [2.75, 3.05) is 19.8 Å². The van der Waals surface area contributed by atoms with Crippen LogP contribution in [-0.4, -0.2) is 25.7 Å². The first-order valence-corrected chi connectivity index (χ1v) is 6.74. The van der Waals surface area contributed by atoms with Crippen molar-refractivity contribution >= 4 is 17.5 Å². The highest BCUT2D eigenvalue weighted by atomic mass is 35.5. The Morgan fingerprint density at radius 2 is 2.00 bits per heavy atom. The molecule has 0 aliphatic rings. The molecule has 0 saturated carbocycles. The average molecular weight is 270 g/mol. The Morgan fingerprint density at radius 3 is 2.72 bits per heavy atom. The van der Waals surface area contributed by atoms with Crippen LogP contribution in [0.15, 0.2) is 24.3 Å². The van der Waals surface area contributed by atoms with Crippen LogP contribution in [-0.2, 0) is 4.74 Å². The first kappa shape index (κ1) is 15.0. The SMILES string of the molecule is CCCCOCCCNC(=O)c1ccccc1Cl. The predicted molar refractivity (Wildman–Crippen MR) is 74.1 cm³/mol. The molecule has 1 aromatic carbocycles. The molecule has 0 aromatic heterocycles. The zero-order valence-corrected chi connectivity index (χ0v) is 11.5. The molecule has 0 radical (unpaired) electrons. The zero-order chi connectivity index (χ0) is 13.2. The Bertz CT molecular complexity index is 369. The lowest BCUT2D eigenvalue weighted by Gasteiger charge is -2.07. The van der Waals surface area contributed by atoms with Crippen LogP contribution in [0.2, 0.25) is 5.02 Å². The Balaban J connectivity index is 2.16. The first-order chi connectivity index (χ1) is 8.75. The minimum Gasteiger partial charge on any atom is -0.381 e. The summed E-state index contributed by atoms with van der Waals surface area (Å²) in [5, 5.41) is 3.31. The Kier molecular flexibility index (Phi) is 7.46. The standard InChI is InChI=1S/C14H20ClNO2/c1-2-3-10-18-11-6-9-16-14(17)12-7-4-5-8-13(12)15/h4-5,7-8H,2-3,6,9-11H2,1H3,(H,16,17). The number of nitrogens with one attached hydrogen (secondary N) is 1. The summed E-state index contributed by atoms with van der Waals surface area (Å²) in [6.07, 6.45) is 3.05. The molecule has 0 aliphatic carbocycles. The van der Waals surface area contributed by atoms with Gasteiger partial charge in [-0.25, -0.2) is 0 Å². The molecule has 0 unspecified atom stereocenters. The van der Waals surface area contributed by atoms with E-state index in [0.29, 0.717) is 23.7 Å². The number of halogens is 1. The maximum atomic E-state index is 11.8. The Hall–Kier alpha value is -1.06. The van der Waals surface area contributed by atoms with Crippen LogP contribution >= 0.6 is 11.6 Å². The summed E-state index contributed by atoms with van der Waals surface area (Å²) >= 11 is 5.93. The third kappa shape index (κ3) is 5.52. The molecule has 4 heteroatoms. The molecule has 1 amide bonds. The normalized spacial score (nSPS) is 10.3. The van der Waals surface area contributed by atoms with Crippen LogP contribution in [0.4, 0.5) is 0 Å². The van der Waals surface area contributed by atoms with E-state index in [4.69, 9.17) is 16.3 Å². The molecular weight excluding hydrogens is 250 g/mol.